The van der Waals surface area contributed by atoms with Gasteiger partial charge in [0, 0.05) is 18.2 Å². The number of nitriles is 1. The fourth-order valence-electron chi connectivity index (χ4n) is 6.08. The average Bonchev–Trinajstić information content (AvgIpc) is 3.05. The van der Waals surface area contributed by atoms with E-state index in [2.05, 4.69) is 16.7 Å². The Morgan fingerprint density at radius 2 is 1.61 bits per heavy atom. The summed E-state index contributed by atoms with van der Waals surface area (Å²) in [4.78, 5) is 38.9. The largest absolute Gasteiger partial charge is 0.469 e. The van der Waals surface area contributed by atoms with Gasteiger partial charge in [0.1, 0.15) is 5.60 Å². The van der Waals surface area contributed by atoms with Crippen LogP contribution in [0.25, 0.3) is 11.1 Å². The van der Waals surface area contributed by atoms with Crippen molar-refractivity contribution in [1.82, 2.24) is 10.6 Å². The van der Waals surface area contributed by atoms with Crippen LogP contribution in [0, 0.1) is 23.2 Å². The molecule has 2 N–H and O–H groups in total. The summed E-state index contributed by atoms with van der Waals surface area (Å²) in [5.74, 6) is -0.806. The van der Waals surface area contributed by atoms with E-state index in [1.807, 2.05) is 69.3 Å². The molecule has 1 fully saturated rings. The van der Waals surface area contributed by atoms with E-state index >= 15 is 0 Å². The van der Waals surface area contributed by atoms with Gasteiger partial charge in [-0.25, -0.2) is 4.79 Å². The van der Waals surface area contributed by atoms with E-state index in [1.165, 1.54) is 13.5 Å². The molecule has 0 saturated heterocycles. The van der Waals surface area contributed by atoms with Gasteiger partial charge < -0.3 is 20.1 Å². The monoisotopic (exact) mass is 623 g/mol. The van der Waals surface area contributed by atoms with Gasteiger partial charge in [-0.2, -0.15) is 5.26 Å². The van der Waals surface area contributed by atoms with Gasteiger partial charge in [0.15, 0.2) is 0 Å². The highest BCUT2D eigenvalue weighted by molar-refractivity contribution is 5.95. The summed E-state index contributed by atoms with van der Waals surface area (Å²) < 4.78 is 10.6. The van der Waals surface area contributed by atoms with Crippen molar-refractivity contribution in [2.75, 3.05) is 7.11 Å². The van der Waals surface area contributed by atoms with Crippen LogP contribution in [-0.2, 0) is 27.2 Å². The Balaban J connectivity index is 1.50. The molecule has 8 nitrogen and oxygen atoms in total. The van der Waals surface area contributed by atoms with Crippen LogP contribution in [0.2, 0.25) is 0 Å². The maximum absolute atomic E-state index is 13.7. The van der Waals surface area contributed by atoms with E-state index in [1.54, 1.807) is 24.3 Å². The second kappa shape index (κ2) is 16.1. The number of esters is 1. The van der Waals surface area contributed by atoms with Crippen LogP contribution in [0.15, 0.2) is 72.8 Å². The summed E-state index contributed by atoms with van der Waals surface area (Å²) in [7, 11) is 1.38. The summed E-state index contributed by atoms with van der Waals surface area (Å²) in [5, 5.41) is 15.4. The van der Waals surface area contributed by atoms with Gasteiger partial charge in [-0.05, 0) is 92.1 Å². The van der Waals surface area contributed by atoms with Gasteiger partial charge in [0.25, 0.3) is 5.91 Å². The van der Waals surface area contributed by atoms with Crippen molar-refractivity contribution in [2.24, 2.45) is 11.8 Å². The lowest BCUT2D eigenvalue weighted by molar-refractivity contribution is -0.146. The highest BCUT2D eigenvalue weighted by Crippen LogP contribution is 2.31. The number of benzene rings is 3. The number of rotatable bonds is 11. The fourth-order valence-corrected chi connectivity index (χ4v) is 6.08. The van der Waals surface area contributed by atoms with E-state index in [9.17, 15) is 19.6 Å². The molecule has 0 radical (unpaired) electrons. The zero-order valence-corrected chi connectivity index (χ0v) is 27.3. The summed E-state index contributed by atoms with van der Waals surface area (Å²) in [6, 6.07) is 24.2. The Morgan fingerprint density at radius 3 is 2.28 bits per heavy atom. The van der Waals surface area contributed by atoms with E-state index in [0.29, 0.717) is 36.4 Å². The van der Waals surface area contributed by atoms with Gasteiger partial charge in [0.2, 0.25) is 0 Å². The number of carbonyl (C=O) groups excluding carboxylic acids is 3. The molecule has 1 saturated carbocycles. The predicted octanol–water partition coefficient (Wildman–Crippen LogP) is 7.35. The average molecular weight is 624 g/mol. The molecule has 242 valence electrons. The van der Waals surface area contributed by atoms with E-state index in [4.69, 9.17) is 9.47 Å². The number of carbonyl (C=O) groups is 3. The third-order valence-electron chi connectivity index (χ3n) is 8.37. The van der Waals surface area contributed by atoms with Crippen molar-refractivity contribution in [3.63, 3.8) is 0 Å². The molecule has 4 rings (SSSR count). The first-order valence-corrected chi connectivity index (χ1v) is 16.1. The Labute approximate surface area is 272 Å². The number of nitrogens with zero attached hydrogens (tertiary/aromatic N) is 1. The third-order valence-corrected chi connectivity index (χ3v) is 8.37. The number of hydrogen-bond acceptors (Lipinski definition) is 6. The van der Waals surface area contributed by atoms with E-state index in [-0.39, 0.29) is 11.9 Å². The minimum atomic E-state index is -0.596. The van der Waals surface area contributed by atoms with Crippen LogP contribution in [-0.4, -0.2) is 36.7 Å². The number of amides is 2. The molecule has 2 atom stereocenters. The molecule has 46 heavy (non-hydrogen) atoms. The third kappa shape index (κ3) is 10.2. The first-order chi connectivity index (χ1) is 22.0. The molecule has 2 unspecified atom stereocenters. The quantitative estimate of drug-likeness (QED) is 0.216. The van der Waals surface area contributed by atoms with Crippen molar-refractivity contribution in [3.05, 3.63) is 95.1 Å². The number of nitrogens with one attached hydrogen (secondary N) is 2. The Kier molecular flexibility index (Phi) is 12.0. The maximum Gasteiger partial charge on any atom is 0.407 e. The molecular weight excluding hydrogens is 578 g/mol. The fraction of sp³-hybridized carbons (Fsp3) is 0.421. The summed E-state index contributed by atoms with van der Waals surface area (Å²) in [5.41, 5.74) is 4.11. The van der Waals surface area contributed by atoms with Crippen LogP contribution >= 0.6 is 0 Å². The molecule has 8 heteroatoms. The predicted molar refractivity (Wildman–Crippen MR) is 178 cm³/mol. The second-order valence-electron chi connectivity index (χ2n) is 13.1. The lowest BCUT2D eigenvalue weighted by Crippen LogP contribution is -2.46. The van der Waals surface area contributed by atoms with E-state index < -0.39 is 23.7 Å². The Hall–Kier alpha value is -4.64. The van der Waals surface area contributed by atoms with Gasteiger partial charge >= 0.3 is 12.1 Å². The van der Waals surface area contributed by atoms with Crippen molar-refractivity contribution in [1.29, 1.82) is 5.26 Å². The molecule has 0 bridgehead atoms. The van der Waals surface area contributed by atoms with E-state index in [0.717, 1.165) is 47.9 Å². The lowest BCUT2D eigenvalue weighted by atomic mass is 9.80. The highest BCUT2D eigenvalue weighted by atomic mass is 16.6. The van der Waals surface area contributed by atoms with Gasteiger partial charge in [-0.15, -0.1) is 0 Å². The van der Waals surface area contributed by atoms with Crippen LogP contribution in [0.4, 0.5) is 4.79 Å². The van der Waals surface area contributed by atoms with Crippen molar-refractivity contribution < 1.29 is 23.9 Å². The highest BCUT2D eigenvalue weighted by Gasteiger charge is 2.33. The minimum absolute atomic E-state index is 0.248. The van der Waals surface area contributed by atoms with Crippen LogP contribution in [0.5, 0.6) is 0 Å². The SMILES string of the molecule is COC(=O)C(Cc1cccc(C#N)c1)C(CC1CCCCC1)NC(=O)c1ccc(-c2cccc(CNC(=O)OC(C)(C)C)c2)cc1. The molecule has 0 aliphatic heterocycles. The Bertz CT molecular complexity index is 1530. The molecule has 0 heterocycles. The van der Waals surface area contributed by atoms with Gasteiger partial charge in [-0.3, -0.25) is 9.59 Å². The number of methoxy groups -OCH3 is 1. The molecule has 3 aromatic carbocycles. The first kappa shape index (κ1) is 34.2. The molecule has 2 amide bonds. The molecule has 1 aliphatic carbocycles. The minimum Gasteiger partial charge on any atom is -0.469 e. The smallest absolute Gasteiger partial charge is 0.407 e. The molecule has 3 aromatic rings. The molecule has 0 spiro atoms. The zero-order valence-electron chi connectivity index (χ0n) is 27.3. The maximum atomic E-state index is 13.7. The second-order valence-corrected chi connectivity index (χ2v) is 13.1. The van der Waals surface area contributed by atoms with Crippen LogP contribution < -0.4 is 10.6 Å². The number of alkyl carbamates (subject to hydrolysis) is 1. The zero-order chi connectivity index (χ0) is 33.1. The Morgan fingerprint density at radius 1 is 0.913 bits per heavy atom. The summed E-state index contributed by atoms with van der Waals surface area (Å²) >= 11 is 0. The van der Waals surface area contributed by atoms with Crippen LogP contribution in [0.3, 0.4) is 0 Å². The van der Waals surface area contributed by atoms with Gasteiger partial charge in [0.05, 0.1) is 24.7 Å². The van der Waals surface area contributed by atoms with Crippen LogP contribution in [0.1, 0.15) is 86.3 Å². The van der Waals surface area contributed by atoms with Crippen molar-refractivity contribution >= 4 is 18.0 Å². The number of ether oxygens (including phenoxy) is 2. The molecular formula is C38H45N3O5. The molecule has 1 aliphatic rings. The molecule has 0 aromatic heterocycles. The standard InChI is InChI=1S/C38H45N3O5/c1-38(2,3)46-37(44)40-25-29-14-9-15-32(21-29)30-16-18-31(19-17-30)35(42)41-34(23-26-10-6-5-7-11-26)33(36(43)45-4)22-27-12-8-13-28(20-27)24-39/h8-9,12-21,26,33-34H,5-7,10-11,22-23,25H2,1-4H3,(H,40,44)(H,41,42). The van der Waals surface area contributed by atoms with Crippen molar-refractivity contribution in [2.45, 2.75) is 83.9 Å². The summed E-state index contributed by atoms with van der Waals surface area (Å²) in [6.07, 6.45) is 6.24. The topological polar surface area (TPSA) is 118 Å². The van der Waals surface area contributed by atoms with Gasteiger partial charge in [-0.1, -0.05) is 74.6 Å². The lowest BCUT2D eigenvalue weighted by Gasteiger charge is -2.31. The summed E-state index contributed by atoms with van der Waals surface area (Å²) in [6.45, 7) is 5.79. The normalized spacial score (nSPS) is 14.8. The van der Waals surface area contributed by atoms with Crippen molar-refractivity contribution in [3.8, 4) is 17.2 Å². The first-order valence-electron chi connectivity index (χ1n) is 16.1. The number of hydrogen-bond donors (Lipinski definition) is 2.